The summed E-state index contributed by atoms with van der Waals surface area (Å²) < 4.78 is 5.87. The molecule has 0 bridgehead atoms. The standard InChI is InChI=1S/C29H25ClN2O2S/c30-22-14-10-21(11-15-22)19-34-24-16-12-20(13-17-24)18-31-29-27(25-8-4-5-9-26(25)35-29)28(33)32-23-6-2-1-3-7-23/h1-3,6-7,10-18H,4-5,8-9,19H2,(H,32,33). The predicted octanol–water partition coefficient (Wildman–Crippen LogP) is 7.86. The first-order chi connectivity index (χ1) is 17.2. The average molecular weight is 501 g/mol. The number of ether oxygens (including phenoxy) is 1. The van der Waals surface area contributed by atoms with Gasteiger partial charge in [-0.15, -0.1) is 11.3 Å². The van der Waals surface area contributed by atoms with Crippen molar-refractivity contribution in [2.24, 2.45) is 4.99 Å². The molecule has 1 aliphatic carbocycles. The minimum atomic E-state index is -0.0892. The third-order valence-electron chi connectivity index (χ3n) is 5.94. The Morgan fingerprint density at radius 3 is 2.49 bits per heavy atom. The number of carbonyl (C=O) groups excluding carboxylic acids is 1. The van der Waals surface area contributed by atoms with Gasteiger partial charge in [0.1, 0.15) is 17.4 Å². The summed E-state index contributed by atoms with van der Waals surface area (Å²) in [5.41, 5.74) is 4.67. The highest BCUT2D eigenvalue weighted by Gasteiger charge is 2.25. The van der Waals surface area contributed by atoms with Crippen molar-refractivity contribution in [3.8, 4) is 5.75 Å². The quantitative estimate of drug-likeness (QED) is 0.262. The van der Waals surface area contributed by atoms with Crippen LogP contribution in [0.1, 0.15) is 44.8 Å². The van der Waals surface area contributed by atoms with Crippen LogP contribution >= 0.6 is 22.9 Å². The van der Waals surface area contributed by atoms with Crippen molar-refractivity contribution in [1.29, 1.82) is 0 Å². The number of carbonyl (C=O) groups is 1. The van der Waals surface area contributed by atoms with E-state index in [4.69, 9.17) is 21.3 Å². The Hall–Kier alpha value is -3.41. The third kappa shape index (κ3) is 5.81. The highest BCUT2D eigenvalue weighted by Crippen LogP contribution is 2.40. The molecule has 6 heteroatoms. The molecule has 4 nitrogen and oxygen atoms in total. The van der Waals surface area contributed by atoms with E-state index in [1.807, 2.05) is 85.1 Å². The van der Waals surface area contributed by atoms with Crippen LogP contribution in [-0.2, 0) is 19.4 Å². The van der Waals surface area contributed by atoms with E-state index >= 15 is 0 Å². The van der Waals surface area contributed by atoms with Crippen LogP contribution in [0.5, 0.6) is 5.75 Å². The maximum atomic E-state index is 13.2. The van der Waals surface area contributed by atoms with Gasteiger partial charge in [-0.2, -0.15) is 0 Å². The van der Waals surface area contributed by atoms with Gasteiger partial charge in [0.25, 0.3) is 5.91 Å². The Labute approximate surface area is 214 Å². The normalized spacial score (nSPS) is 12.9. The third-order valence-corrected chi connectivity index (χ3v) is 7.39. The van der Waals surface area contributed by atoms with Crippen LogP contribution in [0.25, 0.3) is 0 Å². The summed E-state index contributed by atoms with van der Waals surface area (Å²) in [7, 11) is 0. The number of hydrogen-bond acceptors (Lipinski definition) is 4. The topological polar surface area (TPSA) is 50.7 Å². The molecule has 0 radical (unpaired) electrons. The van der Waals surface area contributed by atoms with Crippen LogP contribution in [0.3, 0.4) is 0 Å². The van der Waals surface area contributed by atoms with Crippen LogP contribution in [0, 0.1) is 0 Å². The summed E-state index contributed by atoms with van der Waals surface area (Å²) >= 11 is 7.58. The van der Waals surface area contributed by atoms with E-state index in [0.717, 1.165) is 58.8 Å². The molecule has 3 aromatic carbocycles. The number of rotatable bonds is 7. The first kappa shape index (κ1) is 23.3. The number of aryl methyl sites for hydroxylation is 1. The van der Waals surface area contributed by atoms with Gasteiger partial charge in [0.2, 0.25) is 0 Å². The number of nitrogens with zero attached hydrogens (tertiary/aromatic N) is 1. The molecule has 0 aliphatic heterocycles. The van der Waals surface area contributed by atoms with Crippen LogP contribution < -0.4 is 10.1 Å². The zero-order valence-corrected chi connectivity index (χ0v) is 20.7. The average Bonchev–Trinajstić information content (AvgIpc) is 3.27. The molecule has 0 saturated carbocycles. The van der Waals surface area contributed by atoms with Crippen LogP contribution in [0.4, 0.5) is 10.7 Å². The first-order valence-corrected chi connectivity index (χ1v) is 12.9. The number of hydrogen-bond donors (Lipinski definition) is 1. The molecule has 176 valence electrons. The molecular weight excluding hydrogens is 476 g/mol. The molecular formula is C29H25ClN2O2S. The Morgan fingerprint density at radius 2 is 1.71 bits per heavy atom. The Kier molecular flexibility index (Phi) is 7.26. The van der Waals surface area contributed by atoms with Crippen LogP contribution in [0.2, 0.25) is 5.02 Å². The summed E-state index contributed by atoms with van der Waals surface area (Å²) in [5, 5.41) is 4.53. The number of nitrogens with one attached hydrogen (secondary N) is 1. The zero-order chi connectivity index (χ0) is 24.0. The fourth-order valence-corrected chi connectivity index (χ4v) is 5.48. The van der Waals surface area contributed by atoms with Crippen molar-refractivity contribution >= 4 is 45.7 Å². The summed E-state index contributed by atoms with van der Waals surface area (Å²) in [5.74, 6) is 0.695. The Bertz CT molecular complexity index is 1330. The fourth-order valence-electron chi connectivity index (χ4n) is 4.12. The molecule has 0 spiro atoms. The molecule has 1 aliphatic rings. The number of halogens is 1. The molecule has 5 rings (SSSR count). The van der Waals surface area contributed by atoms with Crippen LogP contribution in [-0.4, -0.2) is 12.1 Å². The van der Waals surface area contributed by atoms with Gasteiger partial charge in [-0.1, -0.05) is 41.9 Å². The number of anilines is 1. The SMILES string of the molecule is O=C(Nc1ccccc1)c1c(N=Cc2ccc(OCc3ccc(Cl)cc3)cc2)sc2c1CCCC2. The van der Waals surface area contributed by atoms with Gasteiger partial charge in [0.05, 0.1) is 5.56 Å². The molecule has 1 N–H and O–H groups in total. The second-order valence-corrected chi connectivity index (χ2v) is 9.97. The molecule has 0 atom stereocenters. The molecule has 4 aromatic rings. The number of para-hydroxylation sites is 1. The predicted molar refractivity (Wildman–Crippen MR) is 145 cm³/mol. The second-order valence-electron chi connectivity index (χ2n) is 8.45. The number of fused-ring (bicyclic) bond motifs is 1. The molecule has 1 amide bonds. The molecule has 1 aromatic heterocycles. The number of amides is 1. The highest BCUT2D eigenvalue weighted by atomic mass is 35.5. The lowest BCUT2D eigenvalue weighted by Gasteiger charge is -2.12. The maximum Gasteiger partial charge on any atom is 0.259 e. The van der Waals surface area contributed by atoms with Gasteiger partial charge in [-0.3, -0.25) is 4.79 Å². The van der Waals surface area contributed by atoms with E-state index in [1.165, 1.54) is 4.88 Å². The van der Waals surface area contributed by atoms with E-state index in [9.17, 15) is 4.79 Å². The van der Waals surface area contributed by atoms with Crippen molar-refractivity contribution in [2.45, 2.75) is 32.3 Å². The van der Waals surface area contributed by atoms with Gasteiger partial charge >= 0.3 is 0 Å². The van der Waals surface area contributed by atoms with Crippen LogP contribution in [0.15, 0.2) is 83.9 Å². The van der Waals surface area contributed by atoms with Gasteiger partial charge in [0, 0.05) is 21.8 Å². The van der Waals surface area contributed by atoms with Gasteiger partial charge in [0.15, 0.2) is 0 Å². The lowest BCUT2D eigenvalue weighted by atomic mass is 9.95. The van der Waals surface area contributed by atoms with E-state index in [-0.39, 0.29) is 5.91 Å². The largest absolute Gasteiger partial charge is 0.489 e. The zero-order valence-electron chi connectivity index (χ0n) is 19.2. The lowest BCUT2D eigenvalue weighted by Crippen LogP contribution is -2.14. The van der Waals surface area contributed by atoms with E-state index < -0.39 is 0 Å². The van der Waals surface area contributed by atoms with E-state index in [2.05, 4.69) is 5.32 Å². The number of thiophene rings is 1. The van der Waals surface area contributed by atoms with Crippen molar-refractivity contribution < 1.29 is 9.53 Å². The first-order valence-electron chi connectivity index (χ1n) is 11.7. The van der Waals surface area contributed by atoms with E-state index in [1.54, 1.807) is 11.3 Å². The summed E-state index contributed by atoms with van der Waals surface area (Å²) in [6.07, 6.45) is 6.03. The summed E-state index contributed by atoms with van der Waals surface area (Å²) in [6.45, 7) is 0.477. The van der Waals surface area contributed by atoms with Crippen molar-refractivity contribution in [1.82, 2.24) is 0 Å². The molecule has 0 unspecified atom stereocenters. The monoisotopic (exact) mass is 500 g/mol. The molecule has 0 fully saturated rings. The molecule has 35 heavy (non-hydrogen) atoms. The van der Waals surface area contributed by atoms with E-state index in [0.29, 0.717) is 17.2 Å². The number of benzene rings is 3. The van der Waals surface area contributed by atoms with Gasteiger partial charge < -0.3 is 10.1 Å². The highest BCUT2D eigenvalue weighted by molar-refractivity contribution is 7.16. The minimum absolute atomic E-state index is 0.0892. The molecule has 1 heterocycles. The fraction of sp³-hybridized carbons (Fsp3) is 0.172. The maximum absolute atomic E-state index is 13.2. The number of aliphatic imine (C=N–C) groups is 1. The molecule has 0 saturated heterocycles. The summed E-state index contributed by atoms with van der Waals surface area (Å²) in [4.78, 5) is 19.3. The van der Waals surface area contributed by atoms with Gasteiger partial charge in [-0.05, 0) is 90.9 Å². The van der Waals surface area contributed by atoms with Crippen molar-refractivity contribution in [3.05, 3.63) is 111 Å². The van der Waals surface area contributed by atoms with Crippen molar-refractivity contribution in [2.75, 3.05) is 5.32 Å². The Balaban J connectivity index is 1.31. The van der Waals surface area contributed by atoms with Crippen molar-refractivity contribution in [3.63, 3.8) is 0 Å². The minimum Gasteiger partial charge on any atom is -0.489 e. The summed E-state index contributed by atoms with van der Waals surface area (Å²) in [6, 6.07) is 25.0. The lowest BCUT2D eigenvalue weighted by molar-refractivity contribution is 0.102. The Morgan fingerprint density at radius 1 is 0.971 bits per heavy atom. The van der Waals surface area contributed by atoms with Gasteiger partial charge in [-0.25, -0.2) is 4.99 Å². The smallest absolute Gasteiger partial charge is 0.259 e. The second kappa shape index (κ2) is 10.9.